The largest absolute Gasteiger partial charge is 0.495 e. The van der Waals surface area contributed by atoms with Gasteiger partial charge in [0.05, 0.1) is 7.11 Å². The van der Waals surface area contributed by atoms with Gasteiger partial charge >= 0.3 is 6.03 Å². The molecule has 0 radical (unpaired) electrons. The van der Waals surface area contributed by atoms with E-state index in [2.05, 4.69) is 10.1 Å². The molecule has 1 aromatic heterocycles. The molecule has 0 bridgehead atoms. The first-order chi connectivity index (χ1) is 11.9. The molecule has 0 saturated carbocycles. The van der Waals surface area contributed by atoms with Crippen LogP contribution in [0.25, 0.3) is 0 Å². The van der Waals surface area contributed by atoms with E-state index in [-0.39, 0.29) is 12.0 Å². The average molecular weight is 367 g/mol. The van der Waals surface area contributed by atoms with Crippen molar-refractivity contribution < 1.29 is 18.3 Å². The predicted molar refractivity (Wildman–Crippen MR) is 94.4 cm³/mol. The van der Waals surface area contributed by atoms with Gasteiger partial charge in [0.2, 0.25) is 0 Å². The number of carbonyl (C=O) groups is 1. The Bertz CT molecular complexity index is 775. The molecule has 0 spiro atoms. The fourth-order valence-electron chi connectivity index (χ4n) is 2.30. The zero-order chi connectivity index (χ0) is 18.6. The second-order valence-corrected chi connectivity index (χ2v) is 5.97. The van der Waals surface area contributed by atoms with E-state index in [4.69, 9.17) is 4.74 Å². The number of aromatic nitrogens is 3. The van der Waals surface area contributed by atoms with Gasteiger partial charge in [-0.05, 0) is 38.5 Å². The van der Waals surface area contributed by atoms with Crippen LogP contribution >= 0.6 is 0 Å². The maximum atomic E-state index is 12.3. The van der Waals surface area contributed by atoms with Gasteiger partial charge < -0.3 is 9.64 Å². The van der Waals surface area contributed by atoms with Crippen LogP contribution in [0.5, 0.6) is 5.75 Å². The summed E-state index contributed by atoms with van der Waals surface area (Å²) in [5.41, 5.74) is 1.20. The van der Waals surface area contributed by atoms with Crippen molar-refractivity contribution in [2.24, 2.45) is 0 Å². The summed E-state index contributed by atoms with van der Waals surface area (Å²) in [4.78, 5) is 17.9. The average Bonchev–Trinajstić information content (AvgIpc) is 3.05. The lowest BCUT2D eigenvalue weighted by Gasteiger charge is -2.19. The molecule has 2 rings (SSSR count). The molecule has 0 aliphatic carbocycles. The topological polar surface area (TPSA) is 101 Å². The summed E-state index contributed by atoms with van der Waals surface area (Å²) in [6, 6.07) is 4.82. The maximum absolute atomic E-state index is 12.3. The number of rotatable bonds is 6. The molecule has 1 amide bonds. The number of amides is 1. The Morgan fingerprint density at radius 1 is 1.36 bits per heavy atom. The van der Waals surface area contributed by atoms with E-state index in [0.29, 0.717) is 24.5 Å². The SMILES string of the molecule is CCN(CC)C(=O)n1cnc(N(c2cc(C)ccc2OC)S(=O)O)n1. The minimum atomic E-state index is -2.45. The third-order valence-corrected chi connectivity index (χ3v) is 4.27. The highest BCUT2D eigenvalue weighted by molar-refractivity contribution is 7.81. The molecule has 25 heavy (non-hydrogen) atoms. The number of nitrogens with zero attached hydrogens (tertiary/aromatic N) is 5. The van der Waals surface area contributed by atoms with E-state index in [1.165, 1.54) is 13.4 Å². The van der Waals surface area contributed by atoms with E-state index in [1.54, 1.807) is 17.0 Å². The number of carbonyl (C=O) groups excluding carboxylic acids is 1. The maximum Gasteiger partial charge on any atom is 0.346 e. The molecule has 1 N–H and O–H groups in total. The first kappa shape index (κ1) is 18.9. The van der Waals surface area contributed by atoms with Crippen molar-refractivity contribution in [1.82, 2.24) is 19.7 Å². The van der Waals surface area contributed by atoms with Crippen molar-refractivity contribution in [3.63, 3.8) is 0 Å². The third kappa shape index (κ3) is 3.97. The van der Waals surface area contributed by atoms with E-state index in [0.717, 1.165) is 14.6 Å². The number of anilines is 2. The van der Waals surface area contributed by atoms with Crippen LogP contribution in [0.4, 0.5) is 16.4 Å². The minimum Gasteiger partial charge on any atom is -0.495 e. The van der Waals surface area contributed by atoms with Crippen LogP contribution in [-0.2, 0) is 11.3 Å². The van der Waals surface area contributed by atoms with Gasteiger partial charge in [0.1, 0.15) is 17.8 Å². The summed E-state index contributed by atoms with van der Waals surface area (Å²) >= 11 is -2.45. The van der Waals surface area contributed by atoms with Crippen LogP contribution in [0.3, 0.4) is 0 Å². The molecule has 0 aliphatic heterocycles. The predicted octanol–water partition coefficient (Wildman–Crippen LogP) is 2.18. The summed E-state index contributed by atoms with van der Waals surface area (Å²) in [5.74, 6) is 0.310. The summed E-state index contributed by atoms with van der Waals surface area (Å²) in [6.07, 6.45) is 1.22. The Balaban J connectivity index is 2.45. The number of benzene rings is 1. The first-order valence-corrected chi connectivity index (χ1v) is 8.75. The number of hydrogen-bond donors (Lipinski definition) is 1. The lowest BCUT2D eigenvalue weighted by atomic mass is 10.2. The van der Waals surface area contributed by atoms with Gasteiger partial charge in [0.15, 0.2) is 0 Å². The zero-order valence-electron chi connectivity index (χ0n) is 14.5. The van der Waals surface area contributed by atoms with Gasteiger partial charge in [-0.2, -0.15) is 14.0 Å². The van der Waals surface area contributed by atoms with E-state index in [9.17, 15) is 13.6 Å². The molecular weight excluding hydrogens is 346 g/mol. The smallest absolute Gasteiger partial charge is 0.346 e. The third-order valence-electron chi connectivity index (χ3n) is 3.60. The molecule has 9 nitrogen and oxygen atoms in total. The molecule has 1 heterocycles. The summed E-state index contributed by atoms with van der Waals surface area (Å²) in [6.45, 7) is 6.59. The molecule has 10 heteroatoms. The number of methoxy groups -OCH3 is 1. The fourth-order valence-corrected chi connectivity index (χ4v) is 2.83. The van der Waals surface area contributed by atoms with Gasteiger partial charge in [0, 0.05) is 13.1 Å². The van der Waals surface area contributed by atoms with Crippen molar-refractivity contribution in [2.45, 2.75) is 20.8 Å². The molecule has 1 atom stereocenters. The van der Waals surface area contributed by atoms with Gasteiger partial charge in [-0.3, -0.25) is 4.55 Å². The van der Waals surface area contributed by atoms with Gasteiger partial charge in [-0.1, -0.05) is 6.07 Å². The van der Waals surface area contributed by atoms with E-state index < -0.39 is 11.3 Å². The van der Waals surface area contributed by atoms with Gasteiger partial charge in [0.25, 0.3) is 17.2 Å². The van der Waals surface area contributed by atoms with E-state index >= 15 is 0 Å². The lowest BCUT2D eigenvalue weighted by molar-refractivity contribution is 0.201. The number of hydrogen-bond acceptors (Lipinski definition) is 5. The zero-order valence-corrected chi connectivity index (χ0v) is 15.4. The summed E-state index contributed by atoms with van der Waals surface area (Å²) in [5, 5.41) is 4.06. The minimum absolute atomic E-state index is 0.0785. The van der Waals surface area contributed by atoms with Crippen LogP contribution in [0.1, 0.15) is 19.4 Å². The van der Waals surface area contributed by atoms with Crippen LogP contribution < -0.4 is 9.04 Å². The van der Waals surface area contributed by atoms with Crippen molar-refractivity contribution >= 4 is 28.9 Å². The highest BCUT2D eigenvalue weighted by Crippen LogP contribution is 2.33. The lowest BCUT2D eigenvalue weighted by Crippen LogP contribution is -2.34. The monoisotopic (exact) mass is 367 g/mol. The van der Waals surface area contributed by atoms with Crippen molar-refractivity contribution in [3.8, 4) is 5.75 Å². The molecule has 0 saturated heterocycles. The standard InChI is InChI=1S/C15H21N5O4S/c1-5-18(6-2)15(21)19-10-16-14(17-19)20(25(22)23)12-9-11(3)7-8-13(12)24-4/h7-10H,5-6H2,1-4H3,(H,22,23). The molecule has 1 unspecified atom stereocenters. The summed E-state index contributed by atoms with van der Waals surface area (Å²) in [7, 11) is 1.46. The van der Waals surface area contributed by atoms with Crippen molar-refractivity contribution in [3.05, 3.63) is 30.1 Å². The van der Waals surface area contributed by atoms with Crippen molar-refractivity contribution in [2.75, 3.05) is 24.5 Å². The van der Waals surface area contributed by atoms with Gasteiger partial charge in [-0.15, -0.1) is 5.10 Å². The molecule has 1 aromatic carbocycles. The highest BCUT2D eigenvalue weighted by Gasteiger charge is 2.25. The van der Waals surface area contributed by atoms with E-state index in [1.807, 2.05) is 26.8 Å². The highest BCUT2D eigenvalue weighted by atomic mass is 32.2. The Hall–Kier alpha value is -2.46. The number of ether oxygens (including phenoxy) is 1. The fraction of sp³-hybridized carbons (Fsp3) is 0.400. The van der Waals surface area contributed by atoms with Crippen LogP contribution in [0, 0.1) is 6.92 Å². The summed E-state index contributed by atoms with van der Waals surface area (Å²) < 4.78 is 28.9. The quantitative estimate of drug-likeness (QED) is 0.786. The second kappa shape index (κ2) is 8.08. The van der Waals surface area contributed by atoms with Crippen LogP contribution in [-0.4, -0.2) is 54.7 Å². The van der Waals surface area contributed by atoms with Crippen molar-refractivity contribution in [1.29, 1.82) is 0 Å². The van der Waals surface area contributed by atoms with Gasteiger partial charge in [-0.25, -0.2) is 9.00 Å². The Morgan fingerprint density at radius 2 is 2.04 bits per heavy atom. The first-order valence-electron chi connectivity index (χ1n) is 7.69. The molecule has 0 fully saturated rings. The Labute approximate surface area is 148 Å². The number of aryl methyl sites for hydroxylation is 1. The molecular formula is C15H21N5O4S. The molecule has 0 aliphatic rings. The Morgan fingerprint density at radius 3 is 2.60 bits per heavy atom. The normalized spacial score (nSPS) is 11.9. The van der Waals surface area contributed by atoms with Crippen LogP contribution in [0.2, 0.25) is 0 Å². The molecule has 2 aromatic rings. The Kier molecular flexibility index (Phi) is 6.10. The molecule has 136 valence electrons. The van der Waals surface area contributed by atoms with Crippen LogP contribution in [0.15, 0.2) is 24.5 Å². The second-order valence-electron chi connectivity index (χ2n) is 5.14.